The Labute approximate surface area is 195 Å². The second-order valence-corrected chi connectivity index (χ2v) is 8.11. The zero-order chi connectivity index (χ0) is 24.4. The number of aryl methyl sites for hydroxylation is 2. The van der Waals surface area contributed by atoms with Crippen molar-refractivity contribution in [2.45, 2.75) is 39.7 Å². The lowest BCUT2D eigenvalue weighted by Crippen LogP contribution is -2.43. The Hall–Kier alpha value is -3.20. The smallest absolute Gasteiger partial charge is 0.273 e. The summed E-state index contributed by atoms with van der Waals surface area (Å²) < 4.78 is 7.08. The lowest BCUT2D eigenvalue weighted by atomic mass is 10.1. The van der Waals surface area contributed by atoms with Crippen LogP contribution in [0.25, 0.3) is 0 Å². The molecule has 0 saturated carbocycles. The van der Waals surface area contributed by atoms with Crippen LogP contribution >= 0.6 is 0 Å². The quantitative estimate of drug-likeness (QED) is 0.260. The van der Waals surface area contributed by atoms with Crippen molar-refractivity contribution in [1.82, 2.24) is 14.4 Å². The molecule has 1 heterocycles. The van der Waals surface area contributed by atoms with Crippen molar-refractivity contribution >= 4 is 17.5 Å². The predicted octanol–water partition coefficient (Wildman–Crippen LogP) is 3.55. The van der Waals surface area contributed by atoms with Gasteiger partial charge in [-0.1, -0.05) is 19.4 Å². The summed E-state index contributed by atoms with van der Waals surface area (Å²) in [6.07, 6.45) is 4.29. The van der Waals surface area contributed by atoms with Crippen LogP contribution in [-0.2, 0) is 23.1 Å². The number of benzene rings is 1. The molecule has 2 amide bonds. The van der Waals surface area contributed by atoms with Crippen LogP contribution in [0.3, 0.4) is 0 Å². The Kier molecular flexibility index (Phi) is 10.1. The summed E-state index contributed by atoms with van der Waals surface area (Å²) in [5.74, 6) is -0.561. The van der Waals surface area contributed by atoms with E-state index < -0.39 is 10.8 Å². The first-order valence-electron chi connectivity index (χ1n) is 11.2. The van der Waals surface area contributed by atoms with Gasteiger partial charge in [0.15, 0.2) is 0 Å². The maximum Gasteiger partial charge on any atom is 0.273 e. The van der Waals surface area contributed by atoms with Crippen LogP contribution in [0.5, 0.6) is 0 Å². The zero-order valence-electron chi connectivity index (χ0n) is 20.0. The minimum absolute atomic E-state index is 0.0989. The van der Waals surface area contributed by atoms with Crippen LogP contribution in [-0.4, -0.2) is 64.5 Å². The number of amides is 2. The van der Waals surface area contributed by atoms with Gasteiger partial charge in [0.2, 0.25) is 5.91 Å². The highest BCUT2D eigenvalue weighted by Gasteiger charge is 2.24. The average Bonchev–Trinajstić information content (AvgIpc) is 3.19. The molecule has 33 heavy (non-hydrogen) atoms. The number of carbonyl (C=O) groups is 2. The highest BCUT2D eigenvalue weighted by atomic mass is 16.6. The number of hydrogen-bond acceptors (Lipinski definition) is 5. The van der Waals surface area contributed by atoms with Crippen molar-refractivity contribution in [3.8, 4) is 0 Å². The first-order valence-corrected chi connectivity index (χ1v) is 11.2. The number of nitro groups is 1. The van der Waals surface area contributed by atoms with E-state index in [0.29, 0.717) is 38.2 Å². The van der Waals surface area contributed by atoms with Crippen molar-refractivity contribution in [1.29, 1.82) is 0 Å². The maximum absolute atomic E-state index is 13.3. The summed E-state index contributed by atoms with van der Waals surface area (Å²) in [5, 5.41) is 11.3. The van der Waals surface area contributed by atoms with E-state index in [1.807, 2.05) is 29.9 Å². The molecule has 0 saturated heterocycles. The summed E-state index contributed by atoms with van der Waals surface area (Å²) in [5.41, 5.74) is 1.56. The van der Waals surface area contributed by atoms with Crippen molar-refractivity contribution in [3.63, 3.8) is 0 Å². The molecule has 9 heteroatoms. The zero-order valence-corrected chi connectivity index (χ0v) is 20.0. The van der Waals surface area contributed by atoms with Gasteiger partial charge in [0.05, 0.1) is 11.5 Å². The normalized spacial score (nSPS) is 10.8. The predicted molar refractivity (Wildman–Crippen MR) is 126 cm³/mol. The molecule has 0 fully saturated rings. The van der Waals surface area contributed by atoms with Crippen LogP contribution in [0, 0.1) is 17.0 Å². The molecule has 2 aromatic rings. The van der Waals surface area contributed by atoms with Crippen LogP contribution in [0.15, 0.2) is 36.5 Å². The standard InChI is InChI=1S/C24H34N4O5/c1-5-6-13-26(17-21-9-7-12-25(21)3)23(29)18-27(14-8-15-33-4)24(30)20-11-10-19(2)22(16-20)28(31)32/h7,9-12,16H,5-6,8,13-15,17-18H2,1-4H3. The first kappa shape index (κ1) is 26.1. The molecule has 0 spiro atoms. The van der Waals surface area contributed by atoms with Crippen LogP contribution < -0.4 is 0 Å². The fraction of sp³-hybridized carbons (Fsp3) is 0.500. The highest BCUT2D eigenvalue weighted by molar-refractivity contribution is 5.97. The van der Waals surface area contributed by atoms with E-state index in [4.69, 9.17) is 4.74 Å². The lowest BCUT2D eigenvalue weighted by molar-refractivity contribution is -0.385. The van der Waals surface area contributed by atoms with Crippen molar-refractivity contribution in [3.05, 3.63) is 63.5 Å². The Balaban J connectivity index is 2.24. The lowest BCUT2D eigenvalue weighted by Gasteiger charge is -2.28. The molecule has 0 bridgehead atoms. The number of rotatable bonds is 13. The Bertz CT molecular complexity index is 956. The topological polar surface area (TPSA) is 97.9 Å². The van der Waals surface area contributed by atoms with Gasteiger partial charge in [-0.05, 0) is 38.0 Å². The van der Waals surface area contributed by atoms with Gasteiger partial charge in [-0.2, -0.15) is 0 Å². The molecule has 0 atom stereocenters. The third-order valence-electron chi connectivity index (χ3n) is 5.58. The SMILES string of the molecule is CCCCN(Cc1cccn1C)C(=O)CN(CCCOC)C(=O)c1ccc(C)c([N+](=O)[O-])c1. The molecular formula is C24H34N4O5. The number of hydrogen-bond donors (Lipinski definition) is 0. The average molecular weight is 459 g/mol. The fourth-order valence-electron chi connectivity index (χ4n) is 3.53. The van der Waals surface area contributed by atoms with Crippen LogP contribution in [0.4, 0.5) is 5.69 Å². The molecule has 9 nitrogen and oxygen atoms in total. The van der Waals surface area contributed by atoms with Gasteiger partial charge in [0.25, 0.3) is 11.6 Å². The number of nitrogens with zero attached hydrogens (tertiary/aromatic N) is 4. The Morgan fingerprint density at radius 1 is 1.15 bits per heavy atom. The molecule has 0 unspecified atom stereocenters. The number of nitro benzene ring substituents is 1. The summed E-state index contributed by atoms with van der Waals surface area (Å²) >= 11 is 0. The molecule has 180 valence electrons. The number of ether oxygens (including phenoxy) is 1. The van der Waals surface area contributed by atoms with E-state index in [-0.39, 0.29) is 23.7 Å². The highest BCUT2D eigenvalue weighted by Crippen LogP contribution is 2.20. The van der Waals surface area contributed by atoms with E-state index in [1.165, 1.54) is 11.0 Å². The van der Waals surface area contributed by atoms with Gasteiger partial charge in [-0.25, -0.2) is 0 Å². The van der Waals surface area contributed by atoms with Crippen molar-refractivity contribution < 1.29 is 19.2 Å². The summed E-state index contributed by atoms with van der Waals surface area (Å²) in [7, 11) is 3.51. The second-order valence-electron chi connectivity index (χ2n) is 8.11. The number of unbranched alkanes of at least 4 members (excludes halogenated alkanes) is 1. The molecule has 0 aliphatic heterocycles. The van der Waals surface area contributed by atoms with Gasteiger partial charge in [0, 0.05) is 62.9 Å². The van der Waals surface area contributed by atoms with E-state index >= 15 is 0 Å². The molecule has 2 rings (SSSR count). The van der Waals surface area contributed by atoms with Gasteiger partial charge in [-0.15, -0.1) is 0 Å². The molecule has 0 aliphatic rings. The van der Waals surface area contributed by atoms with Crippen molar-refractivity contribution in [2.24, 2.45) is 7.05 Å². The summed E-state index contributed by atoms with van der Waals surface area (Å²) in [4.78, 5) is 40.6. The van der Waals surface area contributed by atoms with E-state index in [1.54, 1.807) is 31.1 Å². The van der Waals surface area contributed by atoms with Gasteiger partial charge >= 0.3 is 0 Å². The first-order chi connectivity index (χ1) is 15.8. The molecule has 1 aromatic heterocycles. The van der Waals surface area contributed by atoms with E-state index in [0.717, 1.165) is 18.5 Å². The van der Waals surface area contributed by atoms with E-state index in [9.17, 15) is 19.7 Å². The second kappa shape index (κ2) is 12.7. The van der Waals surface area contributed by atoms with Crippen LogP contribution in [0.1, 0.15) is 47.8 Å². The molecule has 1 aromatic carbocycles. The molecule has 0 aliphatic carbocycles. The number of aromatic nitrogens is 1. The minimum atomic E-state index is -0.501. The summed E-state index contributed by atoms with van der Waals surface area (Å²) in [6, 6.07) is 8.31. The van der Waals surface area contributed by atoms with Crippen LogP contribution in [0.2, 0.25) is 0 Å². The van der Waals surface area contributed by atoms with Gasteiger partial charge in [0.1, 0.15) is 6.54 Å². The molecule has 0 radical (unpaired) electrons. The number of methoxy groups -OCH3 is 1. The molecular weight excluding hydrogens is 424 g/mol. The van der Waals surface area contributed by atoms with Gasteiger partial charge < -0.3 is 19.1 Å². The molecule has 0 N–H and O–H groups in total. The third-order valence-corrected chi connectivity index (χ3v) is 5.58. The van der Waals surface area contributed by atoms with Crippen molar-refractivity contribution in [2.75, 3.05) is 33.4 Å². The van der Waals surface area contributed by atoms with E-state index in [2.05, 4.69) is 6.92 Å². The fourth-order valence-corrected chi connectivity index (χ4v) is 3.53. The Morgan fingerprint density at radius 3 is 2.48 bits per heavy atom. The van der Waals surface area contributed by atoms with Gasteiger partial charge in [-0.3, -0.25) is 19.7 Å². The monoisotopic (exact) mass is 458 g/mol. The number of carbonyl (C=O) groups excluding carboxylic acids is 2. The minimum Gasteiger partial charge on any atom is -0.385 e. The third kappa shape index (κ3) is 7.42. The summed E-state index contributed by atoms with van der Waals surface area (Å²) in [6.45, 7) is 5.39. The largest absolute Gasteiger partial charge is 0.385 e. The maximum atomic E-state index is 13.3. The Morgan fingerprint density at radius 2 is 1.88 bits per heavy atom.